The van der Waals surface area contributed by atoms with Crippen molar-refractivity contribution in [2.45, 2.75) is 91.8 Å². The maximum Gasteiger partial charge on any atom is 0.508 e. The summed E-state index contributed by atoms with van der Waals surface area (Å²) < 4.78 is 17.5. The fraction of sp³-hybridized carbons (Fsp3) is 0.677. The van der Waals surface area contributed by atoms with Crippen LogP contribution < -0.4 is 0 Å². The number of carbonyl (C=O) groups excluding carboxylic acids is 2. The second kappa shape index (κ2) is 8.90. The number of benzene rings is 1. The summed E-state index contributed by atoms with van der Waals surface area (Å²) >= 11 is 0. The van der Waals surface area contributed by atoms with E-state index >= 15 is 0 Å². The number of ketones is 1. The van der Waals surface area contributed by atoms with Crippen LogP contribution in [-0.4, -0.2) is 52.7 Å². The van der Waals surface area contributed by atoms with Crippen molar-refractivity contribution in [2.24, 2.45) is 34.0 Å². The molecule has 0 amide bonds. The third-order valence-electron chi connectivity index (χ3n) is 11.0. The van der Waals surface area contributed by atoms with Crippen LogP contribution in [0.3, 0.4) is 0 Å². The van der Waals surface area contributed by atoms with Crippen LogP contribution in [0.5, 0.6) is 0 Å². The minimum Gasteiger partial charge on any atom is -0.430 e. The number of rotatable bonds is 3. The number of Topliss-reactive ketones (excluding diaryl/α,β-unsaturated/α-hetero) is 1. The monoisotopic (exact) mass is 526 g/mol. The van der Waals surface area contributed by atoms with Crippen molar-refractivity contribution in [1.29, 1.82) is 0 Å². The molecule has 3 aliphatic carbocycles. The molecule has 38 heavy (non-hydrogen) atoms. The van der Waals surface area contributed by atoms with Crippen LogP contribution in [0.25, 0.3) is 0 Å². The summed E-state index contributed by atoms with van der Waals surface area (Å²) in [4.78, 5) is 27.6. The standard InChI is InChI=1S/C31H42O7/c1-17-21(32)14-31(35)19(3)25-29(6)16-37-22(29)13-23(38-27(34)36-15-20-11-9-8-10-12-20)30(25,7)26(33)18(2)24(17)28(31,4)5/h8-12,18-19,21-23,25,32,35H,13-16H2,1-7H3/t18-,19+,21?,22-,23+,25-,29-,30-,31-/m1/s1. The molecule has 1 aromatic rings. The van der Waals surface area contributed by atoms with Gasteiger partial charge in [-0.3, -0.25) is 4.79 Å². The van der Waals surface area contributed by atoms with E-state index in [1.165, 1.54) is 0 Å². The Morgan fingerprint density at radius 3 is 2.39 bits per heavy atom. The van der Waals surface area contributed by atoms with Gasteiger partial charge in [0.2, 0.25) is 0 Å². The van der Waals surface area contributed by atoms with Crippen molar-refractivity contribution < 1.29 is 34.0 Å². The average molecular weight is 527 g/mol. The molecule has 1 heterocycles. The first-order valence-electron chi connectivity index (χ1n) is 13.8. The first-order valence-corrected chi connectivity index (χ1v) is 13.8. The number of hydrogen-bond acceptors (Lipinski definition) is 7. The van der Waals surface area contributed by atoms with Gasteiger partial charge in [0.25, 0.3) is 0 Å². The molecule has 0 spiro atoms. The van der Waals surface area contributed by atoms with Crippen molar-refractivity contribution in [2.75, 3.05) is 6.61 Å². The molecule has 4 aliphatic rings. The maximum atomic E-state index is 14.7. The number of hydrogen-bond donors (Lipinski definition) is 2. The number of fused-ring (bicyclic) bond motifs is 5. The third kappa shape index (κ3) is 3.57. The van der Waals surface area contributed by atoms with E-state index in [4.69, 9.17) is 14.2 Å². The Kier molecular flexibility index (Phi) is 6.41. The SMILES string of the molecule is CC1=C2[C@@H](C)C(=O)[C@]3(C)[C@@H](OC(=O)OCc4ccccc4)C[C@H]4OC[C@@]4(C)[C@H]3[C@H](C)[C@](O)(CC1O)C2(C)C. The Balaban J connectivity index is 1.57. The topological polar surface area (TPSA) is 102 Å². The number of aliphatic hydroxyl groups excluding tert-OH is 1. The lowest BCUT2D eigenvalue weighted by molar-refractivity contribution is -0.301. The highest BCUT2D eigenvalue weighted by Gasteiger charge is 2.73. The van der Waals surface area contributed by atoms with Crippen LogP contribution in [0.15, 0.2) is 41.5 Å². The zero-order valence-corrected chi connectivity index (χ0v) is 23.6. The second-order valence-electron chi connectivity index (χ2n) is 13.2. The lowest BCUT2D eigenvalue weighted by Gasteiger charge is -2.68. The molecule has 2 saturated carbocycles. The highest BCUT2D eigenvalue weighted by atomic mass is 16.7. The van der Waals surface area contributed by atoms with Gasteiger partial charge in [0.15, 0.2) is 0 Å². The van der Waals surface area contributed by atoms with E-state index in [9.17, 15) is 19.8 Å². The molecule has 2 bridgehead atoms. The van der Waals surface area contributed by atoms with E-state index < -0.39 is 40.7 Å². The maximum absolute atomic E-state index is 14.7. The molecule has 0 aromatic heterocycles. The molecule has 1 saturated heterocycles. The van der Waals surface area contributed by atoms with Gasteiger partial charge in [0, 0.05) is 29.6 Å². The summed E-state index contributed by atoms with van der Waals surface area (Å²) in [5.74, 6) is -1.33. The second-order valence-corrected chi connectivity index (χ2v) is 13.2. The zero-order chi connectivity index (χ0) is 27.8. The van der Waals surface area contributed by atoms with Crippen molar-refractivity contribution in [3.05, 3.63) is 47.0 Å². The Hall–Kier alpha value is -2.22. The predicted octanol–water partition coefficient (Wildman–Crippen LogP) is 4.83. The Labute approximate surface area is 225 Å². The molecule has 9 atom stereocenters. The van der Waals surface area contributed by atoms with Crippen LogP contribution in [0.1, 0.15) is 66.9 Å². The van der Waals surface area contributed by atoms with Crippen LogP contribution in [0, 0.1) is 34.0 Å². The molecule has 0 radical (unpaired) electrons. The van der Waals surface area contributed by atoms with Crippen molar-refractivity contribution in [3.8, 4) is 0 Å². The molecular formula is C31H42O7. The molecule has 208 valence electrons. The van der Waals surface area contributed by atoms with E-state index in [-0.39, 0.29) is 42.2 Å². The van der Waals surface area contributed by atoms with E-state index in [0.29, 0.717) is 13.0 Å². The van der Waals surface area contributed by atoms with Gasteiger partial charge >= 0.3 is 6.16 Å². The fourth-order valence-electron chi connectivity index (χ4n) is 8.98. The van der Waals surface area contributed by atoms with Gasteiger partial charge in [0.05, 0.1) is 29.8 Å². The third-order valence-corrected chi connectivity index (χ3v) is 11.0. The Morgan fingerprint density at radius 2 is 1.79 bits per heavy atom. The number of aliphatic hydroxyl groups is 2. The van der Waals surface area contributed by atoms with Gasteiger partial charge in [-0.2, -0.15) is 0 Å². The molecule has 2 N–H and O–H groups in total. The van der Waals surface area contributed by atoms with E-state index in [2.05, 4.69) is 6.92 Å². The molecule has 7 heteroatoms. The van der Waals surface area contributed by atoms with Gasteiger partial charge in [-0.05, 0) is 42.4 Å². The molecular weight excluding hydrogens is 484 g/mol. The average Bonchev–Trinajstić information content (AvgIpc) is 2.86. The Morgan fingerprint density at radius 1 is 1.13 bits per heavy atom. The Bertz CT molecular complexity index is 1160. The number of ether oxygens (including phenoxy) is 3. The lowest BCUT2D eigenvalue weighted by Crippen LogP contribution is -2.74. The van der Waals surface area contributed by atoms with Gasteiger partial charge in [0.1, 0.15) is 18.5 Å². The van der Waals surface area contributed by atoms with Gasteiger partial charge in [-0.25, -0.2) is 4.79 Å². The highest BCUT2D eigenvalue weighted by Crippen LogP contribution is 2.67. The molecule has 1 unspecified atom stereocenters. The molecule has 5 rings (SSSR count). The lowest BCUT2D eigenvalue weighted by atomic mass is 9.40. The quantitative estimate of drug-likeness (QED) is 0.429. The van der Waals surface area contributed by atoms with E-state index in [1.807, 2.05) is 71.9 Å². The van der Waals surface area contributed by atoms with Crippen LogP contribution in [0.4, 0.5) is 4.79 Å². The van der Waals surface area contributed by atoms with Crippen LogP contribution in [0.2, 0.25) is 0 Å². The summed E-state index contributed by atoms with van der Waals surface area (Å²) in [6.45, 7) is 14.3. The van der Waals surface area contributed by atoms with Crippen molar-refractivity contribution in [1.82, 2.24) is 0 Å². The van der Waals surface area contributed by atoms with Gasteiger partial charge < -0.3 is 24.4 Å². The summed E-state index contributed by atoms with van der Waals surface area (Å²) in [6.07, 6.45) is -2.05. The van der Waals surface area contributed by atoms with E-state index in [0.717, 1.165) is 16.7 Å². The zero-order valence-electron chi connectivity index (χ0n) is 23.6. The highest BCUT2D eigenvalue weighted by molar-refractivity contribution is 5.91. The summed E-state index contributed by atoms with van der Waals surface area (Å²) in [6, 6.07) is 9.37. The van der Waals surface area contributed by atoms with Crippen LogP contribution >= 0.6 is 0 Å². The molecule has 1 aromatic carbocycles. The predicted molar refractivity (Wildman–Crippen MR) is 141 cm³/mol. The molecule has 1 aliphatic heterocycles. The normalized spacial score (nSPS) is 43.7. The van der Waals surface area contributed by atoms with E-state index in [1.54, 1.807) is 0 Å². The smallest absolute Gasteiger partial charge is 0.430 e. The van der Waals surface area contributed by atoms with Crippen molar-refractivity contribution in [3.63, 3.8) is 0 Å². The van der Waals surface area contributed by atoms with Crippen molar-refractivity contribution >= 4 is 11.9 Å². The molecule has 3 fully saturated rings. The minimum absolute atomic E-state index is 0.0274. The number of carbonyl (C=O) groups is 2. The minimum atomic E-state index is -1.28. The fourth-order valence-corrected chi connectivity index (χ4v) is 8.98. The summed E-state index contributed by atoms with van der Waals surface area (Å²) in [5.41, 5.74) is -1.10. The van der Waals surface area contributed by atoms with Gasteiger partial charge in [-0.1, -0.05) is 65.0 Å². The van der Waals surface area contributed by atoms with Crippen LogP contribution in [-0.2, 0) is 25.6 Å². The summed E-state index contributed by atoms with van der Waals surface area (Å²) in [7, 11) is 0. The molecule has 7 nitrogen and oxygen atoms in total. The first-order chi connectivity index (χ1) is 17.7. The first kappa shape index (κ1) is 27.4. The largest absolute Gasteiger partial charge is 0.508 e. The van der Waals surface area contributed by atoms with Gasteiger partial charge in [-0.15, -0.1) is 0 Å². The summed E-state index contributed by atoms with van der Waals surface area (Å²) in [5, 5.41) is 23.6.